The van der Waals surface area contributed by atoms with Crippen LogP contribution in [0.25, 0.3) is 11.4 Å². The molecule has 16 heavy (non-hydrogen) atoms. The van der Waals surface area contributed by atoms with Gasteiger partial charge in [0, 0.05) is 5.56 Å². The first-order chi connectivity index (χ1) is 7.79. The molecule has 0 aliphatic rings. The summed E-state index contributed by atoms with van der Waals surface area (Å²) in [5.74, 6) is 1.22. The van der Waals surface area contributed by atoms with Crippen LogP contribution in [0.15, 0.2) is 24.3 Å². The van der Waals surface area contributed by atoms with Gasteiger partial charge in [0.05, 0.1) is 0 Å². The lowest BCUT2D eigenvalue weighted by Crippen LogP contribution is -1.92. The number of benzene rings is 1. The van der Waals surface area contributed by atoms with Crippen LogP contribution in [0.1, 0.15) is 0 Å². The van der Waals surface area contributed by atoms with Crippen molar-refractivity contribution >= 4 is 24.4 Å². The molecule has 1 aromatic heterocycles. The summed E-state index contributed by atoms with van der Waals surface area (Å²) in [6, 6.07) is 7.11. The second kappa shape index (κ2) is 5.12. The van der Waals surface area contributed by atoms with Crippen LogP contribution in [-0.4, -0.2) is 15.2 Å². The van der Waals surface area contributed by atoms with Gasteiger partial charge in [-0.1, -0.05) is 4.33 Å². The molecule has 0 unspecified atom stereocenters. The van der Waals surface area contributed by atoms with Gasteiger partial charge in [-0.2, -0.15) is 4.98 Å². The molecule has 0 atom stereocenters. The van der Waals surface area contributed by atoms with Crippen LogP contribution in [0.5, 0.6) is 5.75 Å². The summed E-state index contributed by atoms with van der Waals surface area (Å²) in [7, 11) is 0. The van der Waals surface area contributed by atoms with Crippen LogP contribution in [0.4, 0.5) is 0 Å². The van der Waals surface area contributed by atoms with Crippen LogP contribution in [0.3, 0.4) is 0 Å². The highest BCUT2D eigenvalue weighted by molar-refractivity contribution is 7.92. The normalized spacial score (nSPS) is 10.3. The molecule has 8 heteroatoms. The number of aromatic amines is 2. The van der Waals surface area contributed by atoms with Gasteiger partial charge in [-0.25, -0.2) is 0 Å². The number of nitrogens with two attached hydrogens (primary N) is 1. The SMILES string of the molecule is NSOOc1ccc(-c2nc(=S)[nH][nH]2)cc1. The first-order valence-electron chi connectivity index (χ1n) is 4.25. The Hall–Kier alpha value is -1.35. The molecule has 84 valence electrons. The Morgan fingerprint density at radius 2 is 2.00 bits per heavy atom. The summed E-state index contributed by atoms with van der Waals surface area (Å²) in [5.41, 5.74) is 0.889. The van der Waals surface area contributed by atoms with E-state index in [1.54, 1.807) is 12.1 Å². The predicted molar refractivity (Wildman–Crippen MR) is 62.7 cm³/mol. The molecular formula is C8H8N4O2S2. The Labute approximate surface area is 100 Å². The van der Waals surface area contributed by atoms with Crippen molar-refractivity contribution in [2.45, 2.75) is 0 Å². The average molecular weight is 256 g/mol. The molecule has 0 spiro atoms. The smallest absolute Gasteiger partial charge is 0.213 e. The van der Waals surface area contributed by atoms with Crippen molar-refractivity contribution in [3.05, 3.63) is 29.0 Å². The molecule has 0 saturated heterocycles. The monoisotopic (exact) mass is 256 g/mol. The first kappa shape index (κ1) is 11.1. The van der Waals surface area contributed by atoms with Crippen molar-refractivity contribution in [1.82, 2.24) is 15.2 Å². The van der Waals surface area contributed by atoms with Crippen LogP contribution in [-0.2, 0) is 4.33 Å². The highest BCUT2D eigenvalue weighted by atomic mass is 32.2. The molecule has 0 radical (unpaired) electrons. The minimum absolute atomic E-state index is 0.415. The summed E-state index contributed by atoms with van der Waals surface area (Å²) < 4.78 is 4.93. The molecule has 0 fully saturated rings. The predicted octanol–water partition coefficient (Wildman–Crippen LogP) is 1.97. The maximum atomic E-state index is 5.04. The number of nitrogens with one attached hydrogen (secondary N) is 2. The van der Waals surface area contributed by atoms with Gasteiger partial charge in [0.2, 0.25) is 4.77 Å². The molecule has 0 amide bonds. The van der Waals surface area contributed by atoms with Gasteiger partial charge < -0.3 is 4.89 Å². The van der Waals surface area contributed by atoms with E-state index in [1.165, 1.54) is 0 Å². The third-order valence-electron chi connectivity index (χ3n) is 1.80. The van der Waals surface area contributed by atoms with Crippen molar-refractivity contribution in [3.63, 3.8) is 0 Å². The van der Waals surface area contributed by atoms with Gasteiger partial charge in [-0.05, 0) is 36.5 Å². The van der Waals surface area contributed by atoms with Gasteiger partial charge in [-0.15, -0.1) is 0 Å². The zero-order chi connectivity index (χ0) is 11.4. The Balaban J connectivity index is 2.16. The highest BCUT2D eigenvalue weighted by Gasteiger charge is 2.01. The van der Waals surface area contributed by atoms with Gasteiger partial charge in [-0.3, -0.25) is 15.3 Å². The number of rotatable bonds is 4. The minimum Gasteiger partial charge on any atom is -0.324 e. The molecule has 0 aliphatic heterocycles. The molecule has 0 saturated carbocycles. The minimum atomic E-state index is 0.415. The van der Waals surface area contributed by atoms with E-state index in [-0.39, 0.29) is 0 Å². The summed E-state index contributed by atoms with van der Waals surface area (Å²) in [5, 5.41) is 10.6. The second-order valence-electron chi connectivity index (χ2n) is 2.79. The number of nitrogens with zero attached hydrogens (tertiary/aromatic N) is 1. The van der Waals surface area contributed by atoms with Gasteiger partial charge >= 0.3 is 0 Å². The second-order valence-corrected chi connectivity index (χ2v) is 3.50. The zero-order valence-electron chi connectivity index (χ0n) is 7.97. The van der Waals surface area contributed by atoms with E-state index in [4.69, 9.17) is 22.2 Å². The lowest BCUT2D eigenvalue weighted by molar-refractivity contribution is -0.0777. The lowest BCUT2D eigenvalue weighted by Gasteiger charge is -2.01. The van der Waals surface area contributed by atoms with Crippen LogP contribution >= 0.6 is 24.4 Å². The Bertz CT molecular complexity index is 507. The van der Waals surface area contributed by atoms with E-state index in [1.807, 2.05) is 12.1 Å². The number of aromatic nitrogens is 3. The van der Waals surface area contributed by atoms with Crippen molar-refractivity contribution in [1.29, 1.82) is 0 Å². The first-order valence-corrected chi connectivity index (χ1v) is 5.46. The summed E-state index contributed by atoms with van der Waals surface area (Å²) in [4.78, 5) is 8.91. The maximum Gasteiger partial charge on any atom is 0.213 e. The fraction of sp³-hybridized carbons (Fsp3) is 0. The molecule has 2 aromatic rings. The van der Waals surface area contributed by atoms with E-state index in [9.17, 15) is 0 Å². The topological polar surface area (TPSA) is 88.9 Å². The summed E-state index contributed by atoms with van der Waals surface area (Å²) in [6.07, 6.45) is 0. The van der Waals surface area contributed by atoms with Gasteiger partial charge in [0.1, 0.15) is 12.2 Å². The van der Waals surface area contributed by atoms with Gasteiger partial charge in [0.25, 0.3) is 0 Å². The third kappa shape index (κ3) is 2.61. The van der Waals surface area contributed by atoms with E-state index in [0.29, 0.717) is 28.6 Å². The van der Waals surface area contributed by atoms with E-state index in [0.717, 1.165) is 5.56 Å². The number of H-pyrrole nitrogens is 2. The Morgan fingerprint density at radius 1 is 1.25 bits per heavy atom. The molecule has 1 heterocycles. The third-order valence-corrected chi connectivity index (χ3v) is 2.14. The van der Waals surface area contributed by atoms with Crippen molar-refractivity contribution in [3.8, 4) is 17.1 Å². The van der Waals surface area contributed by atoms with Crippen molar-refractivity contribution < 1.29 is 9.22 Å². The molecule has 6 nitrogen and oxygen atoms in total. The van der Waals surface area contributed by atoms with Crippen LogP contribution < -0.4 is 10.0 Å². The summed E-state index contributed by atoms with van der Waals surface area (Å²) in [6.45, 7) is 0. The van der Waals surface area contributed by atoms with Crippen LogP contribution in [0.2, 0.25) is 0 Å². The molecule has 0 aliphatic carbocycles. The standard InChI is InChI=1S/C8H8N4O2S2/c9-16-14-13-6-3-1-5(2-4-6)7-10-8(15)12-11-7/h1-4H,9H2,(H2,10,11,12,15). The van der Waals surface area contributed by atoms with Gasteiger partial charge in [0.15, 0.2) is 11.6 Å². The highest BCUT2D eigenvalue weighted by Crippen LogP contribution is 2.19. The summed E-state index contributed by atoms with van der Waals surface area (Å²) >= 11 is 5.50. The number of hydrogen-bond acceptors (Lipinski definition) is 6. The quantitative estimate of drug-likeness (QED) is 0.255. The van der Waals surface area contributed by atoms with E-state index < -0.39 is 0 Å². The van der Waals surface area contributed by atoms with E-state index in [2.05, 4.69) is 19.5 Å². The molecule has 4 N–H and O–H groups in total. The fourth-order valence-electron chi connectivity index (χ4n) is 1.13. The Morgan fingerprint density at radius 3 is 2.56 bits per heavy atom. The van der Waals surface area contributed by atoms with E-state index >= 15 is 0 Å². The Kier molecular flexibility index (Phi) is 3.57. The fourth-order valence-corrected chi connectivity index (χ4v) is 1.39. The van der Waals surface area contributed by atoms with Crippen molar-refractivity contribution in [2.24, 2.45) is 5.14 Å². The molecular weight excluding hydrogens is 248 g/mol. The zero-order valence-corrected chi connectivity index (χ0v) is 9.60. The lowest BCUT2D eigenvalue weighted by atomic mass is 10.2. The number of hydrogen-bond donors (Lipinski definition) is 3. The largest absolute Gasteiger partial charge is 0.324 e. The maximum absolute atomic E-state index is 5.04. The molecule has 1 aromatic carbocycles. The average Bonchev–Trinajstić information content (AvgIpc) is 2.74. The molecule has 2 rings (SSSR count). The van der Waals surface area contributed by atoms with Crippen molar-refractivity contribution in [2.75, 3.05) is 0 Å². The van der Waals surface area contributed by atoms with Crippen LogP contribution in [0, 0.1) is 4.77 Å². The molecule has 0 bridgehead atoms.